The van der Waals surface area contributed by atoms with Gasteiger partial charge in [0.15, 0.2) is 0 Å². The number of anilines is 1. The van der Waals surface area contributed by atoms with Crippen LogP contribution < -0.4 is 9.62 Å². The molecule has 0 saturated carbocycles. The van der Waals surface area contributed by atoms with Gasteiger partial charge in [0.1, 0.15) is 24.2 Å². The van der Waals surface area contributed by atoms with E-state index in [0.29, 0.717) is 6.54 Å². The quantitative estimate of drug-likeness (QED) is 0.199. The Morgan fingerprint density at radius 3 is 2.07 bits per heavy atom. The molecule has 0 fully saturated rings. The number of aryl methyl sites for hydroxylation is 1. The molecule has 0 saturated heterocycles. The Labute approximate surface area is 263 Å². The first-order chi connectivity index (χ1) is 21.5. The predicted molar refractivity (Wildman–Crippen MR) is 171 cm³/mol. The first-order valence-electron chi connectivity index (χ1n) is 14.6. The summed E-state index contributed by atoms with van der Waals surface area (Å²) in [4.78, 5) is 29.3. The minimum absolute atomic E-state index is 0.0556. The third kappa shape index (κ3) is 8.76. The lowest BCUT2D eigenvalue weighted by molar-refractivity contribution is -0.140. The lowest BCUT2D eigenvalue weighted by Gasteiger charge is -2.34. The molecule has 10 heteroatoms. The highest BCUT2D eigenvalue weighted by atomic mass is 32.2. The summed E-state index contributed by atoms with van der Waals surface area (Å²) in [5, 5.41) is 2.89. The van der Waals surface area contributed by atoms with Crippen LogP contribution in [0.4, 0.5) is 14.5 Å². The van der Waals surface area contributed by atoms with Crippen LogP contribution in [0.15, 0.2) is 108 Å². The van der Waals surface area contributed by atoms with E-state index in [1.165, 1.54) is 47.4 Å². The molecule has 1 N–H and O–H groups in total. The molecule has 0 unspecified atom stereocenters. The van der Waals surface area contributed by atoms with E-state index in [0.717, 1.165) is 27.6 Å². The zero-order valence-corrected chi connectivity index (χ0v) is 26.3. The minimum atomic E-state index is -4.33. The van der Waals surface area contributed by atoms with E-state index in [4.69, 9.17) is 0 Å². The molecule has 2 amide bonds. The van der Waals surface area contributed by atoms with Gasteiger partial charge in [0.05, 0.1) is 10.6 Å². The number of sulfonamides is 1. The van der Waals surface area contributed by atoms with E-state index in [1.54, 1.807) is 18.2 Å². The molecule has 0 aliphatic heterocycles. The number of halogens is 2. The molecule has 7 nitrogen and oxygen atoms in total. The highest BCUT2D eigenvalue weighted by Gasteiger charge is 2.35. The third-order valence-electron chi connectivity index (χ3n) is 7.26. The molecular formula is C35H37F2N3O4S. The number of benzene rings is 4. The first kappa shape index (κ1) is 33.3. The van der Waals surface area contributed by atoms with Gasteiger partial charge in [-0.2, -0.15) is 0 Å². The zero-order chi connectivity index (χ0) is 32.6. The molecule has 0 heterocycles. The minimum Gasteiger partial charge on any atom is -0.354 e. The highest BCUT2D eigenvalue weighted by Crippen LogP contribution is 2.26. The van der Waals surface area contributed by atoms with Gasteiger partial charge in [0, 0.05) is 25.1 Å². The van der Waals surface area contributed by atoms with Crippen LogP contribution in [0.3, 0.4) is 0 Å². The van der Waals surface area contributed by atoms with Crippen molar-refractivity contribution < 1.29 is 26.8 Å². The van der Waals surface area contributed by atoms with E-state index in [2.05, 4.69) is 5.32 Å². The van der Waals surface area contributed by atoms with Crippen molar-refractivity contribution in [1.82, 2.24) is 10.2 Å². The van der Waals surface area contributed by atoms with Gasteiger partial charge in [0.25, 0.3) is 10.0 Å². The van der Waals surface area contributed by atoms with E-state index < -0.39 is 46.1 Å². The van der Waals surface area contributed by atoms with Crippen molar-refractivity contribution in [2.24, 2.45) is 5.92 Å². The predicted octanol–water partition coefficient (Wildman–Crippen LogP) is 5.88. The number of amides is 2. The maximum atomic E-state index is 15.0. The Balaban J connectivity index is 1.80. The summed E-state index contributed by atoms with van der Waals surface area (Å²) >= 11 is 0. The van der Waals surface area contributed by atoms with Crippen molar-refractivity contribution in [1.29, 1.82) is 0 Å². The topological polar surface area (TPSA) is 86.8 Å². The van der Waals surface area contributed by atoms with Crippen LogP contribution in [0, 0.1) is 24.5 Å². The lowest BCUT2D eigenvalue weighted by atomic mass is 10.0. The molecule has 0 aliphatic carbocycles. The number of hydrogen-bond acceptors (Lipinski definition) is 4. The Morgan fingerprint density at radius 2 is 1.44 bits per heavy atom. The number of rotatable bonds is 13. The summed E-state index contributed by atoms with van der Waals surface area (Å²) < 4.78 is 57.8. The van der Waals surface area contributed by atoms with Crippen molar-refractivity contribution in [3.05, 3.63) is 131 Å². The average molecular weight is 634 g/mol. The lowest BCUT2D eigenvalue weighted by Crippen LogP contribution is -2.53. The maximum absolute atomic E-state index is 15.0. The Bertz CT molecular complexity index is 1700. The van der Waals surface area contributed by atoms with E-state index in [1.807, 2.05) is 51.1 Å². The van der Waals surface area contributed by atoms with Gasteiger partial charge in [-0.3, -0.25) is 13.9 Å². The van der Waals surface area contributed by atoms with E-state index in [9.17, 15) is 26.8 Å². The van der Waals surface area contributed by atoms with Crippen LogP contribution in [0.25, 0.3) is 0 Å². The van der Waals surface area contributed by atoms with Gasteiger partial charge in [-0.05, 0) is 60.9 Å². The normalized spacial score (nSPS) is 12.0. The van der Waals surface area contributed by atoms with Crippen LogP contribution in [0.1, 0.15) is 30.5 Å². The van der Waals surface area contributed by atoms with Crippen molar-refractivity contribution >= 4 is 27.5 Å². The summed E-state index contributed by atoms with van der Waals surface area (Å²) in [6.07, 6.45) is 0.103. The SMILES string of the molecule is Cc1ccc(S(=O)(=O)N(CC(=O)N(Cc2ccccc2F)[C@H](Cc2ccccc2)C(=O)NCC(C)C)c2ccc(F)cc2)cc1. The van der Waals surface area contributed by atoms with Gasteiger partial charge < -0.3 is 10.2 Å². The van der Waals surface area contributed by atoms with Crippen molar-refractivity contribution in [2.45, 2.75) is 44.7 Å². The van der Waals surface area contributed by atoms with Gasteiger partial charge in [-0.15, -0.1) is 0 Å². The van der Waals surface area contributed by atoms with Gasteiger partial charge in [-0.1, -0.05) is 80.1 Å². The van der Waals surface area contributed by atoms with Crippen molar-refractivity contribution in [3.8, 4) is 0 Å². The largest absolute Gasteiger partial charge is 0.354 e. The van der Waals surface area contributed by atoms with Crippen LogP contribution in [0.2, 0.25) is 0 Å². The summed E-state index contributed by atoms with van der Waals surface area (Å²) in [5.74, 6) is -2.22. The van der Waals surface area contributed by atoms with Gasteiger partial charge in [0.2, 0.25) is 11.8 Å². The zero-order valence-electron chi connectivity index (χ0n) is 25.5. The summed E-state index contributed by atoms with van der Waals surface area (Å²) in [6.45, 7) is 5.01. The Kier molecular flexibility index (Phi) is 11.1. The van der Waals surface area contributed by atoms with E-state index in [-0.39, 0.29) is 35.0 Å². The molecule has 1 atom stereocenters. The Hall–Kier alpha value is -4.57. The fourth-order valence-corrected chi connectivity index (χ4v) is 6.17. The molecule has 0 aliphatic rings. The Morgan fingerprint density at radius 1 is 0.822 bits per heavy atom. The molecule has 0 radical (unpaired) electrons. The molecule has 4 aromatic rings. The second-order valence-electron chi connectivity index (χ2n) is 11.3. The number of nitrogens with one attached hydrogen (secondary N) is 1. The van der Waals surface area contributed by atoms with Crippen molar-refractivity contribution in [2.75, 3.05) is 17.4 Å². The molecule has 45 heavy (non-hydrogen) atoms. The smallest absolute Gasteiger partial charge is 0.264 e. The maximum Gasteiger partial charge on any atom is 0.264 e. The monoisotopic (exact) mass is 633 g/mol. The molecule has 236 valence electrons. The second kappa shape index (κ2) is 14.9. The molecule has 4 aromatic carbocycles. The van der Waals surface area contributed by atoms with Crippen molar-refractivity contribution in [3.63, 3.8) is 0 Å². The van der Waals surface area contributed by atoms with Gasteiger partial charge in [-0.25, -0.2) is 17.2 Å². The summed E-state index contributed by atoms with van der Waals surface area (Å²) in [7, 11) is -4.33. The van der Waals surface area contributed by atoms with Crippen LogP contribution in [0.5, 0.6) is 0 Å². The van der Waals surface area contributed by atoms with Gasteiger partial charge >= 0.3 is 0 Å². The highest BCUT2D eigenvalue weighted by molar-refractivity contribution is 7.92. The first-order valence-corrected chi connectivity index (χ1v) is 16.1. The number of nitrogens with zero attached hydrogens (tertiary/aromatic N) is 2. The summed E-state index contributed by atoms with van der Waals surface area (Å²) in [5.41, 5.74) is 1.82. The average Bonchev–Trinajstić information content (AvgIpc) is 3.02. The number of carbonyl (C=O) groups is 2. The van der Waals surface area contributed by atoms with Crippen LogP contribution >= 0.6 is 0 Å². The molecule has 4 rings (SSSR count). The van der Waals surface area contributed by atoms with E-state index >= 15 is 0 Å². The third-order valence-corrected chi connectivity index (χ3v) is 9.04. The fraction of sp³-hybridized carbons (Fsp3) is 0.257. The standard InChI is InChI=1S/C35H37F2N3O4S/c1-25(2)22-38-35(42)33(21-27-9-5-4-6-10-27)39(23-28-11-7-8-12-32(28)37)34(41)24-40(30-17-15-29(36)16-18-30)45(43,44)31-19-13-26(3)14-20-31/h4-20,25,33H,21-24H2,1-3H3,(H,38,42)/t33-/m1/s1. The second-order valence-corrected chi connectivity index (χ2v) is 13.1. The van der Waals surface area contributed by atoms with Crippen LogP contribution in [-0.4, -0.2) is 44.3 Å². The number of hydrogen-bond donors (Lipinski definition) is 1. The molecule has 0 spiro atoms. The number of carbonyl (C=O) groups excluding carboxylic acids is 2. The molecule has 0 bridgehead atoms. The fourth-order valence-electron chi connectivity index (χ4n) is 4.76. The molecular weight excluding hydrogens is 596 g/mol. The molecule has 0 aromatic heterocycles. The summed E-state index contributed by atoms with van der Waals surface area (Å²) in [6, 6.07) is 24.8. The van der Waals surface area contributed by atoms with Crippen LogP contribution in [-0.2, 0) is 32.6 Å².